The minimum atomic E-state index is -1.48. The maximum atomic E-state index is 15.9. The number of nitrogen functional groups attached to an aromatic ring is 1. The highest BCUT2D eigenvalue weighted by Crippen LogP contribution is 2.33. The number of aliphatic hydroxyl groups is 1. The number of aliphatic hydroxyl groups excluding tert-OH is 1. The van der Waals surface area contributed by atoms with Crippen LogP contribution in [-0.2, 0) is 20.9 Å². The summed E-state index contributed by atoms with van der Waals surface area (Å²) in [5, 5.41) is 17.2. The molecule has 7 N–H and O–H groups in total. The SMILES string of the molecule is COC(=O)c1cc(-c2cccc(NC(=O)[C@@H]3C[C@@H](F)CN3C(=O)Cn3nc(C(N)O)c4ccccc43)c2F)cc2[nH]c(N)nc12. The lowest BCUT2D eigenvalue weighted by atomic mass is 10.00. The van der Waals surface area contributed by atoms with Gasteiger partial charge in [-0.1, -0.05) is 30.3 Å². The summed E-state index contributed by atoms with van der Waals surface area (Å²) in [5.74, 6) is -2.86. The molecule has 3 aromatic carbocycles. The fourth-order valence-electron chi connectivity index (χ4n) is 5.65. The largest absolute Gasteiger partial charge is 0.465 e. The summed E-state index contributed by atoms with van der Waals surface area (Å²) in [4.78, 5) is 47.2. The molecule has 0 spiro atoms. The van der Waals surface area contributed by atoms with E-state index in [4.69, 9.17) is 16.2 Å². The van der Waals surface area contributed by atoms with Crippen molar-refractivity contribution < 1.29 is 33.0 Å². The van der Waals surface area contributed by atoms with Gasteiger partial charge in [0, 0.05) is 17.4 Å². The second-order valence-corrected chi connectivity index (χ2v) is 10.6. The van der Waals surface area contributed by atoms with Crippen molar-refractivity contribution in [2.45, 2.75) is 31.4 Å². The van der Waals surface area contributed by atoms with Gasteiger partial charge in [-0.3, -0.25) is 14.3 Å². The number of aromatic nitrogens is 4. The second-order valence-electron chi connectivity index (χ2n) is 10.6. The molecule has 0 aliphatic carbocycles. The monoisotopic (exact) mass is 618 g/mol. The number of fused-ring (bicyclic) bond motifs is 2. The van der Waals surface area contributed by atoms with E-state index in [0.717, 1.165) is 4.90 Å². The molecule has 1 aliphatic heterocycles. The van der Waals surface area contributed by atoms with E-state index in [1.54, 1.807) is 30.3 Å². The zero-order valence-corrected chi connectivity index (χ0v) is 23.8. The number of anilines is 2. The lowest BCUT2D eigenvalue weighted by Crippen LogP contribution is -2.44. The van der Waals surface area contributed by atoms with E-state index >= 15 is 4.39 Å². The number of nitrogens with two attached hydrogens (primary N) is 2. The molecule has 45 heavy (non-hydrogen) atoms. The van der Waals surface area contributed by atoms with Crippen LogP contribution >= 0.6 is 0 Å². The number of hydrogen-bond donors (Lipinski definition) is 5. The van der Waals surface area contributed by atoms with Gasteiger partial charge in [0.15, 0.2) is 11.8 Å². The molecule has 6 rings (SSSR count). The van der Waals surface area contributed by atoms with Crippen LogP contribution in [0, 0.1) is 5.82 Å². The van der Waals surface area contributed by atoms with Crippen molar-refractivity contribution in [1.29, 1.82) is 0 Å². The van der Waals surface area contributed by atoms with Gasteiger partial charge in [0.25, 0.3) is 0 Å². The molecule has 2 amide bonds. The number of imidazole rings is 1. The number of para-hydroxylation sites is 1. The second kappa shape index (κ2) is 11.6. The predicted octanol–water partition coefficient (Wildman–Crippen LogP) is 2.61. The number of hydrogen-bond acceptors (Lipinski definition) is 9. The van der Waals surface area contributed by atoms with E-state index in [9.17, 15) is 23.9 Å². The first-order valence-corrected chi connectivity index (χ1v) is 13.9. The van der Waals surface area contributed by atoms with E-state index in [0.29, 0.717) is 16.4 Å². The molecule has 3 heterocycles. The summed E-state index contributed by atoms with van der Waals surface area (Å²) in [7, 11) is 1.20. The van der Waals surface area contributed by atoms with Crippen LogP contribution in [0.25, 0.3) is 33.1 Å². The quantitative estimate of drug-likeness (QED) is 0.135. The van der Waals surface area contributed by atoms with Gasteiger partial charge >= 0.3 is 5.97 Å². The molecule has 1 saturated heterocycles. The Kier molecular flexibility index (Phi) is 7.64. The third kappa shape index (κ3) is 5.42. The molecule has 232 valence electrons. The first kappa shape index (κ1) is 29.7. The van der Waals surface area contributed by atoms with Gasteiger partial charge in [-0.25, -0.2) is 18.6 Å². The van der Waals surface area contributed by atoms with E-state index in [1.165, 1.54) is 36.1 Å². The van der Waals surface area contributed by atoms with E-state index in [1.807, 2.05) is 0 Å². The molecule has 0 bridgehead atoms. The highest BCUT2D eigenvalue weighted by Gasteiger charge is 2.40. The van der Waals surface area contributed by atoms with Crippen LogP contribution in [0.4, 0.5) is 20.4 Å². The summed E-state index contributed by atoms with van der Waals surface area (Å²) in [6.07, 6.45) is -3.16. The fourth-order valence-corrected chi connectivity index (χ4v) is 5.65. The first-order chi connectivity index (χ1) is 21.5. The van der Waals surface area contributed by atoms with Gasteiger partial charge in [-0.15, -0.1) is 0 Å². The van der Waals surface area contributed by atoms with Gasteiger partial charge in [0.2, 0.25) is 11.8 Å². The molecule has 3 atom stereocenters. The number of likely N-dealkylation sites (tertiary alicyclic amines) is 1. The summed E-state index contributed by atoms with van der Waals surface area (Å²) in [6, 6.07) is 12.8. The smallest absolute Gasteiger partial charge is 0.340 e. The van der Waals surface area contributed by atoms with Crippen molar-refractivity contribution in [3.05, 3.63) is 71.7 Å². The Bertz CT molecular complexity index is 1970. The van der Waals surface area contributed by atoms with Crippen molar-refractivity contribution in [2.24, 2.45) is 5.73 Å². The first-order valence-electron chi connectivity index (χ1n) is 13.9. The van der Waals surface area contributed by atoms with E-state index < -0.39 is 42.0 Å². The number of methoxy groups -OCH3 is 1. The Labute approximate surface area is 253 Å². The van der Waals surface area contributed by atoms with E-state index in [2.05, 4.69) is 20.4 Å². The summed E-state index contributed by atoms with van der Waals surface area (Å²) >= 11 is 0. The third-order valence-electron chi connectivity index (χ3n) is 7.70. The number of ether oxygens (including phenoxy) is 1. The zero-order valence-electron chi connectivity index (χ0n) is 23.8. The minimum Gasteiger partial charge on any atom is -0.465 e. The standard InChI is InChI=1S/C30H28F2N8O5/c1-45-29(44)18-9-14(10-20-25(18)37-30(34)36-20)16-6-4-7-19(24(16)32)35-28(43)22-11-15(31)12-39(22)23(41)13-40-21-8-3-2-5-17(21)26(38-40)27(33)42/h2-10,15,22,27,42H,11-13,33H2,1H3,(H,35,43)(H3,34,36,37)/t15-,22+,27?/m1/s1. The number of alkyl halides is 1. The van der Waals surface area contributed by atoms with Crippen LogP contribution in [0.15, 0.2) is 54.6 Å². The van der Waals surface area contributed by atoms with Crippen LogP contribution in [0.5, 0.6) is 0 Å². The van der Waals surface area contributed by atoms with Crippen molar-refractivity contribution in [3.8, 4) is 11.1 Å². The highest BCUT2D eigenvalue weighted by atomic mass is 19.1. The molecular weight excluding hydrogens is 590 g/mol. The van der Waals surface area contributed by atoms with Gasteiger partial charge in [-0.05, 0) is 29.8 Å². The maximum absolute atomic E-state index is 15.9. The number of esters is 1. The molecule has 1 fully saturated rings. The minimum absolute atomic E-state index is 0.0409. The summed E-state index contributed by atoms with van der Waals surface area (Å²) < 4.78 is 36.7. The Morgan fingerprint density at radius 2 is 1.98 bits per heavy atom. The van der Waals surface area contributed by atoms with Crippen molar-refractivity contribution in [3.63, 3.8) is 0 Å². The molecular formula is C30H28F2N8O5. The average Bonchev–Trinajstić information content (AvgIpc) is 3.71. The van der Waals surface area contributed by atoms with Gasteiger partial charge in [0.05, 0.1) is 35.9 Å². The van der Waals surface area contributed by atoms with Crippen molar-refractivity contribution in [1.82, 2.24) is 24.6 Å². The van der Waals surface area contributed by atoms with E-state index in [-0.39, 0.29) is 59.0 Å². The van der Waals surface area contributed by atoms with Crippen molar-refractivity contribution >= 4 is 51.4 Å². The maximum Gasteiger partial charge on any atom is 0.340 e. The molecule has 15 heteroatoms. The lowest BCUT2D eigenvalue weighted by Gasteiger charge is -2.24. The zero-order chi connectivity index (χ0) is 32.0. The fraction of sp³-hybridized carbons (Fsp3) is 0.233. The van der Waals surface area contributed by atoms with Crippen LogP contribution in [0.3, 0.4) is 0 Å². The number of nitrogens with zero attached hydrogens (tertiary/aromatic N) is 4. The third-order valence-corrected chi connectivity index (χ3v) is 7.70. The van der Waals surface area contributed by atoms with Crippen LogP contribution < -0.4 is 16.8 Å². The highest BCUT2D eigenvalue weighted by molar-refractivity contribution is 6.05. The molecule has 2 aromatic heterocycles. The number of halogens is 2. The van der Waals surface area contributed by atoms with Crippen LogP contribution in [0.2, 0.25) is 0 Å². The number of nitrogens with one attached hydrogen (secondary N) is 2. The Hall–Kier alpha value is -5.41. The number of amides is 2. The Balaban J connectivity index is 1.26. The van der Waals surface area contributed by atoms with Crippen LogP contribution in [0.1, 0.15) is 28.7 Å². The number of carbonyl (C=O) groups excluding carboxylic acids is 3. The van der Waals surface area contributed by atoms with Gasteiger partial charge in [-0.2, -0.15) is 5.10 Å². The molecule has 1 unspecified atom stereocenters. The number of carbonyl (C=O) groups is 3. The molecule has 0 saturated carbocycles. The predicted molar refractivity (Wildman–Crippen MR) is 160 cm³/mol. The average molecular weight is 619 g/mol. The Morgan fingerprint density at radius 3 is 2.73 bits per heavy atom. The number of rotatable bonds is 7. The van der Waals surface area contributed by atoms with Gasteiger partial charge in [0.1, 0.15) is 36.2 Å². The number of H-pyrrole nitrogens is 1. The lowest BCUT2D eigenvalue weighted by molar-refractivity contribution is -0.137. The molecule has 5 aromatic rings. The van der Waals surface area contributed by atoms with Crippen molar-refractivity contribution in [2.75, 3.05) is 24.7 Å². The summed E-state index contributed by atoms with van der Waals surface area (Å²) in [6.45, 7) is -0.689. The molecule has 13 nitrogen and oxygen atoms in total. The van der Waals surface area contributed by atoms with Crippen LogP contribution in [-0.4, -0.2) is 73.4 Å². The topological polar surface area (TPSA) is 194 Å². The van der Waals surface area contributed by atoms with Gasteiger partial charge < -0.3 is 36.5 Å². The molecule has 1 aliphatic rings. The summed E-state index contributed by atoms with van der Waals surface area (Å²) in [5.41, 5.74) is 12.9. The molecule has 0 radical (unpaired) electrons. The number of benzene rings is 3. The number of aromatic amines is 1. The normalized spacial score (nSPS) is 17.1. The Morgan fingerprint density at radius 1 is 1.20 bits per heavy atom.